The summed E-state index contributed by atoms with van der Waals surface area (Å²) in [5.74, 6) is 0. The Bertz CT molecular complexity index is 585. The van der Waals surface area contributed by atoms with Gasteiger partial charge >= 0.3 is 0 Å². The second kappa shape index (κ2) is 6.66. The van der Waals surface area contributed by atoms with Crippen molar-refractivity contribution in [2.45, 2.75) is 37.8 Å². The molecule has 1 heterocycles. The van der Waals surface area contributed by atoms with Gasteiger partial charge in [0.2, 0.25) is 0 Å². The lowest BCUT2D eigenvalue weighted by Gasteiger charge is -2.39. The number of piperazine rings is 1. The van der Waals surface area contributed by atoms with Crippen LogP contribution in [0.3, 0.4) is 0 Å². The molecular weight excluding hydrogens is 298 g/mol. The summed E-state index contributed by atoms with van der Waals surface area (Å²) in [6.45, 7) is 1.83. The Kier molecular flexibility index (Phi) is 4.82. The van der Waals surface area contributed by atoms with Gasteiger partial charge in [0.1, 0.15) is 0 Å². The molecule has 22 heavy (non-hydrogen) atoms. The Morgan fingerprint density at radius 3 is 2.45 bits per heavy atom. The van der Waals surface area contributed by atoms with Crippen LogP contribution < -0.4 is 4.72 Å². The lowest BCUT2D eigenvalue weighted by atomic mass is 10.0. The van der Waals surface area contributed by atoms with Crippen molar-refractivity contribution in [3.63, 3.8) is 0 Å². The van der Waals surface area contributed by atoms with Gasteiger partial charge in [-0.05, 0) is 25.5 Å². The molecule has 0 aromatic heterocycles. The van der Waals surface area contributed by atoms with Crippen LogP contribution in [0.4, 0.5) is 0 Å². The highest BCUT2D eigenvalue weighted by atomic mass is 32.2. The van der Waals surface area contributed by atoms with E-state index in [0.717, 1.165) is 32.2 Å². The van der Waals surface area contributed by atoms with Gasteiger partial charge in [-0.2, -0.15) is 17.4 Å². The van der Waals surface area contributed by atoms with Gasteiger partial charge in [0.05, 0.1) is 0 Å². The second-order valence-corrected chi connectivity index (χ2v) is 8.07. The van der Waals surface area contributed by atoms with Crippen LogP contribution in [0.1, 0.15) is 37.3 Å². The molecule has 1 N–H and O–H groups in total. The highest BCUT2D eigenvalue weighted by molar-refractivity contribution is 7.87. The molecule has 2 fully saturated rings. The number of nitrogens with zero attached hydrogens (tertiary/aromatic N) is 2. The molecule has 3 rings (SSSR count). The van der Waals surface area contributed by atoms with Crippen molar-refractivity contribution in [2.24, 2.45) is 0 Å². The Morgan fingerprint density at radius 2 is 1.77 bits per heavy atom. The molecule has 1 aliphatic heterocycles. The molecule has 5 nitrogen and oxygen atoms in total. The van der Waals surface area contributed by atoms with Gasteiger partial charge in [0.15, 0.2) is 0 Å². The van der Waals surface area contributed by atoms with E-state index in [4.69, 9.17) is 0 Å². The predicted molar refractivity (Wildman–Crippen MR) is 87.7 cm³/mol. The Balaban J connectivity index is 1.72. The van der Waals surface area contributed by atoms with E-state index < -0.39 is 10.2 Å². The summed E-state index contributed by atoms with van der Waals surface area (Å²) < 4.78 is 29.7. The first-order chi connectivity index (χ1) is 10.6. The third-order valence-corrected chi connectivity index (χ3v) is 6.45. The fourth-order valence-electron chi connectivity index (χ4n) is 3.43. The molecule has 6 heteroatoms. The molecule has 1 saturated heterocycles. The largest absolute Gasteiger partial charge is 0.297 e. The van der Waals surface area contributed by atoms with Crippen LogP contribution in [0.25, 0.3) is 0 Å². The Hall–Kier alpha value is -0.950. The van der Waals surface area contributed by atoms with E-state index in [0.29, 0.717) is 13.1 Å². The average Bonchev–Trinajstić information content (AvgIpc) is 3.00. The van der Waals surface area contributed by atoms with Gasteiger partial charge in [0.25, 0.3) is 10.2 Å². The molecule has 2 aliphatic rings. The molecule has 1 atom stereocenters. The maximum atomic E-state index is 12.6. The topological polar surface area (TPSA) is 52.7 Å². The van der Waals surface area contributed by atoms with Gasteiger partial charge < -0.3 is 0 Å². The summed E-state index contributed by atoms with van der Waals surface area (Å²) in [4.78, 5) is 2.23. The number of hydrogen-bond donors (Lipinski definition) is 1. The van der Waals surface area contributed by atoms with E-state index in [2.05, 4.69) is 28.8 Å². The number of nitrogens with one attached hydrogen (secondary N) is 1. The molecule has 1 aromatic rings. The molecule has 122 valence electrons. The van der Waals surface area contributed by atoms with Crippen LogP contribution in [0.15, 0.2) is 30.3 Å². The zero-order valence-electron chi connectivity index (χ0n) is 13.1. The van der Waals surface area contributed by atoms with Crippen LogP contribution in [0.2, 0.25) is 0 Å². The smallest absolute Gasteiger partial charge is 0.279 e. The summed E-state index contributed by atoms with van der Waals surface area (Å²) in [7, 11) is -1.31. The SMILES string of the molecule is CN1CCN(S(=O)(=O)NC2CCCC2)CC1c1ccccc1. The maximum Gasteiger partial charge on any atom is 0.279 e. The van der Waals surface area contributed by atoms with E-state index in [-0.39, 0.29) is 12.1 Å². The third kappa shape index (κ3) is 3.51. The summed E-state index contributed by atoms with van der Waals surface area (Å²) >= 11 is 0. The molecule has 0 bridgehead atoms. The van der Waals surface area contributed by atoms with Gasteiger partial charge in [-0.3, -0.25) is 4.90 Å². The van der Waals surface area contributed by atoms with Crippen molar-refractivity contribution in [3.05, 3.63) is 35.9 Å². The summed E-state index contributed by atoms with van der Waals surface area (Å²) in [5, 5.41) is 0. The van der Waals surface area contributed by atoms with Crippen molar-refractivity contribution < 1.29 is 8.42 Å². The van der Waals surface area contributed by atoms with Crippen molar-refractivity contribution in [1.82, 2.24) is 13.9 Å². The normalized spacial score (nSPS) is 25.6. The van der Waals surface area contributed by atoms with Crippen LogP contribution in [0.5, 0.6) is 0 Å². The van der Waals surface area contributed by atoms with E-state index in [1.54, 1.807) is 4.31 Å². The van der Waals surface area contributed by atoms with Gasteiger partial charge in [-0.1, -0.05) is 43.2 Å². The highest BCUT2D eigenvalue weighted by Gasteiger charge is 2.34. The molecule has 0 amide bonds. The first kappa shape index (κ1) is 15.9. The fourth-order valence-corrected chi connectivity index (χ4v) is 4.90. The quantitative estimate of drug-likeness (QED) is 0.918. The lowest BCUT2D eigenvalue weighted by molar-refractivity contribution is 0.147. The molecule has 1 aliphatic carbocycles. The standard InChI is InChI=1S/C16H25N3O2S/c1-18-11-12-19(13-16(18)14-7-3-2-4-8-14)22(20,21)17-15-9-5-6-10-15/h2-4,7-8,15-17H,5-6,9-13H2,1H3. The van der Waals surface area contributed by atoms with Crippen molar-refractivity contribution in [3.8, 4) is 0 Å². The van der Waals surface area contributed by atoms with E-state index in [9.17, 15) is 8.42 Å². The predicted octanol–water partition coefficient (Wildman–Crippen LogP) is 1.75. The Labute approximate surface area is 133 Å². The summed E-state index contributed by atoms with van der Waals surface area (Å²) in [5.41, 5.74) is 1.17. The van der Waals surface area contributed by atoms with E-state index >= 15 is 0 Å². The molecule has 0 spiro atoms. The van der Waals surface area contributed by atoms with E-state index in [1.165, 1.54) is 5.56 Å². The van der Waals surface area contributed by atoms with Gasteiger partial charge in [-0.15, -0.1) is 0 Å². The lowest BCUT2D eigenvalue weighted by Crippen LogP contribution is -2.53. The summed E-state index contributed by atoms with van der Waals surface area (Å²) in [6, 6.07) is 10.4. The third-order valence-electron chi connectivity index (χ3n) is 4.81. The zero-order valence-corrected chi connectivity index (χ0v) is 13.9. The molecule has 0 radical (unpaired) electrons. The van der Waals surface area contributed by atoms with Crippen molar-refractivity contribution in [1.29, 1.82) is 0 Å². The zero-order chi connectivity index (χ0) is 15.6. The average molecular weight is 323 g/mol. The minimum Gasteiger partial charge on any atom is -0.297 e. The maximum absolute atomic E-state index is 12.6. The summed E-state index contributed by atoms with van der Waals surface area (Å²) in [6.07, 6.45) is 4.19. The molecule has 1 saturated carbocycles. The molecular formula is C16H25N3O2S. The number of rotatable bonds is 4. The van der Waals surface area contributed by atoms with Crippen LogP contribution in [-0.2, 0) is 10.2 Å². The monoisotopic (exact) mass is 323 g/mol. The van der Waals surface area contributed by atoms with Crippen LogP contribution in [-0.4, -0.2) is 50.3 Å². The second-order valence-electron chi connectivity index (χ2n) is 6.37. The number of hydrogen-bond acceptors (Lipinski definition) is 3. The molecule has 1 unspecified atom stereocenters. The number of likely N-dealkylation sites (N-methyl/N-ethyl adjacent to an activating group) is 1. The van der Waals surface area contributed by atoms with Crippen LogP contribution in [0, 0.1) is 0 Å². The van der Waals surface area contributed by atoms with Gasteiger partial charge in [0, 0.05) is 31.7 Å². The molecule has 1 aromatic carbocycles. The van der Waals surface area contributed by atoms with Crippen molar-refractivity contribution >= 4 is 10.2 Å². The Morgan fingerprint density at radius 1 is 1.09 bits per heavy atom. The first-order valence-corrected chi connectivity index (χ1v) is 9.53. The fraction of sp³-hybridized carbons (Fsp3) is 0.625. The van der Waals surface area contributed by atoms with Crippen molar-refractivity contribution in [2.75, 3.05) is 26.7 Å². The minimum absolute atomic E-state index is 0.120. The van der Waals surface area contributed by atoms with E-state index in [1.807, 2.05) is 18.2 Å². The first-order valence-electron chi connectivity index (χ1n) is 8.09. The highest BCUT2D eigenvalue weighted by Crippen LogP contribution is 2.26. The van der Waals surface area contributed by atoms with Gasteiger partial charge in [-0.25, -0.2) is 0 Å². The number of benzene rings is 1. The minimum atomic E-state index is -3.37. The van der Waals surface area contributed by atoms with Crippen LogP contribution >= 0.6 is 0 Å².